The van der Waals surface area contributed by atoms with E-state index in [1.165, 1.54) is 12.8 Å². The average molecular weight is 171 g/mol. The summed E-state index contributed by atoms with van der Waals surface area (Å²) in [4.78, 5) is 0. The Morgan fingerprint density at radius 2 is 2.17 bits per heavy atom. The van der Waals surface area contributed by atoms with E-state index in [1.807, 2.05) is 0 Å². The van der Waals surface area contributed by atoms with Crippen molar-refractivity contribution in [3.05, 3.63) is 0 Å². The van der Waals surface area contributed by atoms with Crippen LogP contribution in [0.25, 0.3) is 0 Å². The van der Waals surface area contributed by atoms with Gasteiger partial charge in [-0.3, -0.25) is 5.32 Å². The number of nitrogens with one attached hydrogen (secondary N) is 1. The third kappa shape index (κ3) is 2.20. The molecule has 1 saturated carbocycles. The summed E-state index contributed by atoms with van der Waals surface area (Å²) in [5.74, 6) is 1.64. The molecule has 1 fully saturated rings. The lowest BCUT2D eigenvalue weighted by atomic mass is 9.70. The van der Waals surface area contributed by atoms with Gasteiger partial charge in [0, 0.05) is 6.04 Å². The summed E-state index contributed by atoms with van der Waals surface area (Å²) in [6, 6.07) is 0.522. The zero-order valence-corrected chi connectivity index (χ0v) is 8.38. The normalized spacial score (nSPS) is 34.0. The Morgan fingerprint density at radius 1 is 1.50 bits per heavy atom. The van der Waals surface area contributed by atoms with Crippen LogP contribution in [-0.4, -0.2) is 17.4 Å². The molecule has 2 nitrogen and oxygen atoms in total. The standard InChI is InChI=1S/C10H21NO/c1-4-10(11-8(3)12)9-6-5-7(9)2/h7-12H,4-6H2,1-3H3. The fourth-order valence-electron chi connectivity index (χ4n) is 2.14. The Hall–Kier alpha value is -0.0800. The van der Waals surface area contributed by atoms with Crippen LogP contribution in [0.5, 0.6) is 0 Å². The minimum absolute atomic E-state index is 0.359. The van der Waals surface area contributed by atoms with Crippen molar-refractivity contribution in [1.29, 1.82) is 0 Å². The molecule has 1 aliphatic rings. The van der Waals surface area contributed by atoms with Gasteiger partial charge >= 0.3 is 0 Å². The summed E-state index contributed by atoms with van der Waals surface area (Å²) in [6.45, 7) is 6.29. The fraction of sp³-hybridized carbons (Fsp3) is 1.00. The van der Waals surface area contributed by atoms with Crippen LogP contribution < -0.4 is 5.32 Å². The summed E-state index contributed by atoms with van der Waals surface area (Å²) >= 11 is 0. The van der Waals surface area contributed by atoms with Crippen LogP contribution in [0, 0.1) is 11.8 Å². The van der Waals surface area contributed by atoms with Gasteiger partial charge in [-0.25, -0.2) is 0 Å². The highest BCUT2D eigenvalue weighted by atomic mass is 16.3. The van der Waals surface area contributed by atoms with Crippen molar-refractivity contribution in [3.63, 3.8) is 0 Å². The second-order valence-electron chi connectivity index (χ2n) is 4.08. The van der Waals surface area contributed by atoms with E-state index < -0.39 is 0 Å². The number of hydrogen-bond donors (Lipinski definition) is 2. The van der Waals surface area contributed by atoms with Crippen molar-refractivity contribution in [2.45, 2.75) is 52.3 Å². The van der Waals surface area contributed by atoms with Crippen molar-refractivity contribution in [3.8, 4) is 0 Å². The second-order valence-corrected chi connectivity index (χ2v) is 4.08. The summed E-state index contributed by atoms with van der Waals surface area (Å²) < 4.78 is 0. The van der Waals surface area contributed by atoms with Gasteiger partial charge in [0.05, 0.1) is 0 Å². The molecule has 0 spiro atoms. The minimum atomic E-state index is -0.359. The first-order chi connectivity index (χ1) is 5.65. The maximum atomic E-state index is 9.20. The van der Waals surface area contributed by atoms with Gasteiger partial charge in [-0.05, 0) is 31.6 Å². The molecule has 2 heteroatoms. The molecule has 0 amide bonds. The lowest BCUT2D eigenvalue weighted by molar-refractivity contribution is 0.0760. The van der Waals surface area contributed by atoms with Crippen molar-refractivity contribution < 1.29 is 5.11 Å². The van der Waals surface area contributed by atoms with Crippen LogP contribution in [0.4, 0.5) is 0 Å². The highest BCUT2D eigenvalue weighted by Crippen LogP contribution is 2.37. The molecule has 0 heterocycles. The molecule has 4 atom stereocenters. The molecule has 0 aromatic carbocycles. The van der Waals surface area contributed by atoms with E-state index in [-0.39, 0.29) is 6.23 Å². The lowest BCUT2D eigenvalue weighted by Gasteiger charge is -2.40. The molecule has 1 rings (SSSR count). The second kappa shape index (κ2) is 4.24. The van der Waals surface area contributed by atoms with E-state index in [1.54, 1.807) is 6.92 Å². The molecule has 0 aliphatic heterocycles. The maximum Gasteiger partial charge on any atom is 0.102 e. The molecule has 1 aliphatic carbocycles. The molecule has 0 bridgehead atoms. The molecule has 12 heavy (non-hydrogen) atoms. The van der Waals surface area contributed by atoms with Crippen LogP contribution in [0.1, 0.15) is 40.0 Å². The molecule has 0 aromatic heterocycles. The highest BCUT2D eigenvalue weighted by molar-refractivity contribution is 4.86. The predicted octanol–water partition coefficient (Wildman–Crippen LogP) is 1.74. The van der Waals surface area contributed by atoms with Gasteiger partial charge in [0.25, 0.3) is 0 Å². The first kappa shape index (κ1) is 10.0. The smallest absolute Gasteiger partial charge is 0.102 e. The van der Waals surface area contributed by atoms with Crippen LogP contribution in [0.15, 0.2) is 0 Å². The van der Waals surface area contributed by atoms with Gasteiger partial charge in [0.15, 0.2) is 0 Å². The predicted molar refractivity (Wildman–Crippen MR) is 50.8 cm³/mol. The quantitative estimate of drug-likeness (QED) is 0.631. The summed E-state index contributed by atoms with van der Waals surface area (Å²) in [5, 5.41) is 12.4. The Morgan fingerprint density at radius 3 is 2.42 bits per heavy atom. The number of rotatable bonds is 4. The Bertz CT molecular complexity index is 136. The third-order valence-corrected chi connectivity index (χ3v) is 3.10. The molecule has 4 unspecified atom stereocenters. The van der Waals surface area contributed by atoms with Gasteiger partial charge in [-0.15, -0.1) is 0 Å². The van der Waals surface area contributed by atoms with E-state index >= 15 is 0 Å². The van der Waals surface area contributed by atoms with E-state index in [0.717, 1.165) is 18.3 Å². The van der Waals surface area contributed by atoms with Crippen LogP contribution in [-0.2, 0) is 0 Å². The van der Waals surface area contributed by atoms with Crippen molar-refractivity contribution in [1.82, 2.24) is 5.32 Å². The number of hydrogen-bond acceptors (Lipinski definition) is 2. The molecule has 72 valence electrons. The van der Waals surface area contributed by atoms with Gasteiger partial charge in [0.1, 0.15) is 6.23 Å². The van der Waals surface area contributed by atoms with Gasteiger partial charge in [-0.2, -0.15) is 0 Å². The molecule has 2 N–H and O–H groups in total. The van der Waals surface area contributed by atoms with Crippen molar-refractivity contribution in [2.24, 2.45) is 11.8 Å². The average Bonchev–Trinajstić information content (AvgIpc) is 1.99. The van der Waals surface area contributed by atoms with Gasteiger partial charge < -0.3 is 5.11 Å². The Labute approximate surface area is 75.4 Å². The monoisotopic (exact) mass is 171 g/mol. The van der Waals surface area contributed by atoms with E-state index in [4.69, 9.17) is 0 Å². The first-order valence-corrected chi connectivity index (χ1v) is 5.09. The van der Waals surface area contributed by atoms with Gasteiger partial charge in [-0.1, -0.05) is 20.3 Å². The summed E-state index contributed by atoms with van der Waals surface area (Å²) in [7, 11) is 0. The fourth-order valence-corrected chi connectivity index (χ4v) is 2.14. The minimum Gasteiger partial charge on any atom is -0.379 e. The SMILES string of the molecule is CCC(NC(C)O)C1CCC1C. The van der Waals surface area contributed by atoms with E-state index in [2.05, 4.69) is 19.2 Å². The molecular formula is C10H21NO. The topological polar surface area (TPSA) is 32.3 Å². The molecule has 0 aromatic rings. The van der Waals surface area contributed by atoms with Crippen LogP contribution >= 0.6 is 0 Å². The number of aliphatic hydroxyl groups is 1. The first-order valence-electron chi connectivity index (χ1n) is 5.09. The molecule has 0 saturated heterocycles. The Balaban J connectivity index is 2.34. The molecular weight excluding hydrogens is 150 g/mol. The zero-order valence-electron chi connectivity index (χ0n) is 8.38. The van der Waals surface area contributed by atoms with Crippen LogP contribution in [0.3, 0.4) is 0 Å². The zero-order chi connectivity index (χ0) is 9.14. The Kier molecular flexibility index (Phi) is 3.53. The maximum absolute atomic E-state index is 9.20. The van der Waals surface area contributed by atoms with E-state index in [0.29, 0.717) is 6.04 Å². The third-order valence-electron chi connectivity index (χ3n) is 3.10. The van der Waals surface area contributed by atoms with Gasteiger partial charge in [0.2, 0.25) is 0 Å². The van der Waals surface area contributed by atoms with E-state index in [9.17, 15) is 5.11 Å². The lowest BCUT2D eigenvalue weighted by Crippen LogP contribution is -2.46. The molecule has 0 radical (unpaired) electrons. The van der Waals surface area contributed by atoms with Crippen molar-refractivity contribution in [2.75, 3.05) is 0 Å². The largest absolute Gasteiger partial charge is 0.379 e. The van der Waals surface area contributed by atoms with Crippen LogP contribution in [0.2, 0.25) is 0 Å². The van der Waals surface area contributed by atoms with Crippen molar-refractivity contribution >= 4 is 0 Å². The summed E-state index contributed by atoms with van der Waals surface area (Å²) in [5.41, 5.74) is 0. The number of aliphatic hydroxyl groups excluding tert-OH is 1. The summed E-state index contributed by atoms with van der Waals surface area (Å²) in [6.07, 6.45) is 3.46. The highest BCUT2D eigenvalue weighted by Gasteiger charge is 2.32.